The summed E-state index contributed by atoms with van der Waals surface area (Å²) in [5.41, 5.74) is 1.39. The van der Waals surface area contributed by atoms with E-state index < -0.39 is 0 Å². The Bertz CT molecular complexity index is 748. The van der Waals surface area contributed by atoms with Crippen LogP contribution in [0.25, 0.3) is 0 Å². The first-order chi connectivity index (χ1) is 10.3. The van der Waals surface area contributed by atoms with Gasteiger partial charge in [0.1, 0.15) is 11.6 Å². The molecule has 4 nitrogen and oxygen atoms in total. The van der Waals surface area contributed by atoms with Crippen LogP contribution in [0.15, 0.2) is 24.4 Å². The summed E-state index contributed by atoms with van der Waals surface area (Å²) < 4.78 is 15.1. The quantitative estimate of drug-likeness (QED) is 0.865. The number of rotatable bonds is 1. The van der Waals surface area contributed by atoms with Gasteiger partial charge in [0.25, 0.3) is 0 Å². The summed E-state index contributed by atoms with van der Waals surface area (Å²) in [5, 5.41) is 7.63. The number of anilines is 1. The first-order valence-corrected chi connectivity index (χ1v) is 7.48. The largest absolute Gasteiger partial charge is 0.311 e. The molecular weight excluding hydrogens is 305 g/mol. The van der Waals surface area contributed by atoms with Crippen LogP contribution in [0.5, 0.6) is 0 Å². The molecule has 6 heteroatoms. The van der Waals surface area contributed by atoms with Gasteiger partial charge in [0.15, 0.2) is 0 Å². The second-order valence-electron chi connectivity index (χ2n) is 6.50. The summed E-state index contributed by atoms with van der Waals surface area (Å²) in [6, 6.07) is 4.28. The van der Waals surface area contributed by atoms with Crippen molar-refractivity contribution >= 4 is 23.3 Å². The predicted octanol–water partition coefficient (Wildman–Crippen LogP) is 3.90. The molecule has 0 unspecified atom stereocenters. The van der Waals surface area contributed by atoms with Crippen molar-refractivity contribution in [3.8, 4) is 0 Å². The normalized spacial score (nSPS) is 18.0. The maximum Gasteiger partial charge on any atom is 0.226 e. The molecule has 2 aromatic rings. The zero-order valence-corrected chi connectivity index (χ0v) is 13.4. The van der Waals surface area contributed by atoms with Crippen molar-refractivity contribution < 1.29 is 9.18 Å². The highest BCUT2D eigenvalue weighted by atomic mass is 35.5. The summed E-state index contributed by atoms with van der Waals surface area (Å²) in [4.78, 5) is 12.1. The molecule has 22 heavy (non-hydrogen) atoms. The van der Waals surface area contributed by atoms with E-state index in [1.165, 1.54) is 12.1 Å². The zero-order chi connectivity index (χ0) is 16.1. The molecular formula is C16H17ClFN3O. The molecule has 0 saturated carbocycles. The topological polar surface area (TPSA) is 46.9 Å². The molecule has 2 heterocycles. The summed E-state index contributed by atoms with van der Waals surface area (Å²) in [6.07, 6.45) is 2.03. The lowest BCUT2D eigenvalue weighted by atomic mass is 9.87. The highest BCUT2D eigenvalue weighted by Crippen LogP contribution is 2.41. The van der Waals surface area contributed by atoms with Gasteiger partial charge in [-0.05, 0) is 38.5 Å². The molecule has 1 aliphatic heterocycles. The van der Waals surface area contributed by atoms with Crippen LogP contribution in [0.1, 0.15) is 44.2 Å². The fourth-order valence-corrected chi connectivity index (χ4v) is 3.09. The maximum atomic E-state index is 13.3. The lowest BCUT2D eigenvalue weighted by Crippen LogP contribution is -2.30. The van der Waals surface area contributed by atoms with Crippen molar-refractivity contribution in [3.63, 3.8) is 0 Å². The van der Waals surface area contributed by atoms with Gasteiger partial charge in [-0.1, -0.05) is 17.7 Å². The van der Waals surface area contributed by atoms with Crippen LogP contribution >= 0.6 is 11.6 Å². The molecule has 1 N–H and O–H groups in total. The van der Waals surface area contributed by atoms with Crippen molar-refractivity contribution in [3.05, 3.63) is 46.4 Å². The number of amides is 1. The summed E-state index contributed by atoms with van der Waals surface area (Å²) in [5.74, 6) is -0.00870. The molecule has 0 fully saturated rings. The molecule has 0 spiro atoms. The molecule has 1 aromatic carbocycles. The second kappa shape index (κ2) is 5.09. The smallest absolute Gasteiger partial charge is 0.226 e. The average molecular weight is 322 g/mol. The molecule has 1 atom stereocenters. The van der Waals surface area contributed by atoms with E-state index in [0.717, 1.165) is 11.1 Å². The van der Waals surface area contributed by atoms with Gasteiger partial charge in [0, 0.05) is 22.9 Å². The minimum absolute atomic E-state index is 0.0936. The van der Waals surface area contributed by atoms with Crippen LogP contribution < -0.4 is 5.32 Å². The Hall–Kier alpha value is -1.88. The van der Waals surface area contributed by atoms with E-state index in [2.05, 4.69) is 10.4 Å². The number of carbonyl (C=O) groups is 1. The van der Waals surface area contributed by atoms with Gasteiger partial charge in [-0.2, -0.15) is 5.10 Å². The van der Waals surface area contributed by atoms with Crippen molar-refractivity contribution in [1.29, 1.82) is 0 Å². The van der Waals surface area contributed by atoms with Crippen LogP contribution in [0.3, 0.4) is 0 Å². The zero-order valence-electron chi connectivity index (χ0n) is 12.7. The molecule has 0 radical (unpaired) electrons. The number of hydrogen-bond acceptors (Lipinski definition) is 2. The highest BCUT2D eigenvalue weighted by Gasteiger charge is 2.33. The molecule has 1 aromatic heterocycles. The predicted molar refractivity (Wildman–Crippen MR) is 83.7 cm³/mol. The van der Waals surface area contributed by atoms with Gasteiger partial charge in [-0.15, -0.1) is 0 Å². The van der Waals surface area contributed by atoms with E-state index >= 15 is 0 Å². The first-order valence-electron chi connectivity index (χ1n) is 7.10. The average Bonchev–Trinajstić information content (AvgIpc) is 2.81. The highest BCUT2D eigenvalue weighted by molar-refractivity contribution is 6.31. The Balaban J connectivity index is 2.13. The van der Waals surface area contributed by atoms with Gasteiger partial charge in [-0.25, -0.2) is 9.07 Å². The molecule has 0 aliphatic carbocycles. The summed E-state index contributed by atoms with van der Waals surface area (Å²) in [6.45, 7) is 6.04. The number of nitrogens with zero attached hydrogens (tertiary/aromatic N) is 2. The number of fused-ring (bicyclic) bond motifs is 1. The number of benzene rings is 1. The van der Waals surface area contributed by atoms with Gasteiger partial charge >= 0.3 is 0 Å². The lowest BCUT2D eigenvalue weighted by molar-refractivity contribution is -0.116. The van der Waals surface area contributed by atoms with Gasteiger partial charge in [0.2, 0.25) is 5.91 Å². The third kappa shape index (κ3) is 2.50. The standard InChI is InChI=1S/C16H17ClFN3O/c1-16(2,3)21-15-12(8-19-21)11(7-14(22)20-15)10-5-4-9(18)6-13(10)17/h4-6,8,11H,7H2,1-3H3,(H,20,22)/t11-/m1/s1. The third-order valence-electron chi connectivity index (χ3n) is 3.79. The minimum atomic E-state index is -0.389. The number of halogens is 2. The van der Waals surface area contributed by atoms with E-state index in [1.807, 2.05) is 20.8 Å². The third-order valence-corrected chi connectivity index (χ3v) is 4.12. The molecule has 0 bridgehead atoms. The maximum absolute atomic E-state index is 13.3. The van der Waals surface area contributed by atoms with Crippen molar-refractivity contribution in [2.45, 2.75) is 38.6 Å². The van der Waals surface area contributed by atoms with Crippen LogP contribution in [0, 0.1) is 5.82 Å². The number of hydrogen-bond donors (Lipinski definition) is 1. The molecule has 1 aliphatic rings. The monoisotopic (exact) mass is 321 g/mol. The molecule has 1 amide bonds. The van der Waals surface area contributed by atoms with Crippen molar-refractivity contribution in [2.75, 3.05) is 5.32 Å². The van der Waals surface area contributed by atoms with Crippen LogP contribution in [-0.4, -0.2) is 15.7 Å². The Morgan fingerprint density at radius 2 is 2.09 bits per heavy atom. The Kier molecular flexibility index (Phi) is 3.48. The van der Waals surface area contributed by atoms with Gasteiger partial charge in [-0.3, -0.25) is 4.79 Å². The van der Waals surface area contributed by atoms with Gasteiger partial charge < -0.3 is 5.32 Å². The van der Waals surface area contributed by atoms with E-state index in [1.54, 1.807) is 16.9 Å². The van der Waals surface area contributed by atoms with Crippen molar-refractivity contribution in [2.24, 2.45) is 0 Å². The molecule has 0 saturated heterocycles. The lowest BCUT2D eigenvalue weighted by Gasteiger charge is -2.28. The van der Waals surface area contributed by atoms with E-state index in [4.69, 9.17) is 11.6 Å². The Morgan fingerprint density at radius 3 is 2.73 bits per heavy atom. The number of nitrogens with one attached hydrogen (secondary N) is 1. The molecule has 3 rings (SSSR count). The van der Waals surface area contributed by atoms with Crippen LogP contribution in [0.4, 0.5) is 10.2 Å². The number of carbonyl (C=O) groups excluding carboxylic acids is 1. The summed E-state index contributed by atoms with van der Waals surface area (Å²) in [7, 11) is 0. The molecule has 116 valence electrons. The van der Waals surface area contributed by atoms with E-state index in [-0.39, 0.29) is 29.6 Å². The first kappa shape index (κ1) is 15.0. The SMILES string of the molecule is CC(C)(C)n1ncc2c1NC(=O)C[C@@H]2c1ccc(F)cc1Cl. The van der Waals surface area contributed by atoms with E-state index in [0.29, 0.717) is 10.8 Å². The minimum Gasteiger partial charge on any atom is -0.311 e. The van der Waals surface area contributed by atoms with Crippen LogP contribution in [0.2, 0.25) is 5.02 Å². The van der Waals surface area contributed by atoms with E-state index in [9.17, 15) is 9.18 Å². The number of aromatic nitrogens is 2. The fourth-order valence-electron chi connectivity index (χ4n) is 2.79. The fraction of sp³-hybridized carbons (Fsp3) is 0.375. The Labute approximate surface area is 133 Å². The van der Waals surface area contributed by atoms with Crippen molar-refractivity contribution in [1.82, 2.24) is 9.78 Å². The Morgan fingerprint density at radius 1 is 1.36 bits per heavy atom. The van der Waals surface area contributed by atoms with Gasteiger partial charge in [0.05, 0.1) is 11.7 Å². The summed E-state index contributed by atoms with van der Waals surface area (Å²) >= 11 is 6.17. The van der Waals surface area contributed by atoms with Crippen LogP contribution in [-0.2, 0) is 10.3 Å². The second-order valence-corrected chi connectivity index (χ2v) is 6.91.